The van der Waals surface area contributed by atoms with Crippen LogP contribution in [-0.2, 0) is 9.53 Å². The van der Waals surface area contributed by atoms with Gasteiger partial charge in [-0.2, -0.15) is 0 Å². The number of carbonyl (C=O) groups is 2. The normalized spacial score (nSPS) is 26.2. The average molecular weight is 272 g/mol. The fraction of sp³-hybridized carbons (Fsp3) is 0.846. The number of ether oxygens (including phenoxy) is 1. The lowest BCUT2D eigenvalue weighted by atomic mass is 9.82. The first-order chi connectivity index (χ1) is 8.50. The maximum Gasteiger partial charge on any atom is 0.411 e. The van der Waals surface area contributed by atoms with Crippen molar-refractivity contribution in [3.8, 4) is 0 Å². The molecular formula is C13H24N2O4. The summed E-state index contributed by atoms with van der Waals surface area (Å²) in [6.07, 6.45) is -1.34. The van der Waals surface area contributed by atoms with Gasteiger partial charge in [-0.1, -0.05) is 13.8 Å². The fourth-order valence-corrected chi connectivity index (χ4v) is 2.23. The molecule has 0 spiro atoms. The number of likely N-dealkylation sites (tertiary alicyclic amines) is 1. The van der Waals surface area contributed by atoms with Crippen molar-refractivity contribution in [2.75, 3.05) is 13.6 Å². The Labute approximate surface area is 114 Å². The van der Waals surface area contributed by atoms with E-state index in [0.717, 1.165) is 0 Å². The van der Waals surface area contributed by atoms with Crippen LogP contribution in [0.3, 0.4) is 0 Å². The summed E-state index contributed by atoms with van der Waals surface area (Å²) in [5.41, 5.74) is -1.35. The van der Waals surface area contributed by atoms with Crippen LogP contribution in [0.1, 0.15) is 34.6 Å². The van der Waals surface area contributed by atoms with E-state index in [1.165, 1.54) is 11.9 Å². The van der Waals surface area contributed by atoms with Crippen LogP contribution in [0.2, 0.25) is 0 Å². The lowest BCUT2D eigenvalue weighted by Crippen LogP contribution is -2.51. The predicted molar refractivity (Wildman–Crippen MR) is 70.6 cm³/mol. The van der Waals surface area contributed by atoms with Gasteiger partial charge in [-0.15, -0.1) is 0 Å². The van der Waals surface area contributed by atoms with Crippen molar-refractivity contribution in [1.29, 1.82) is 0 Å². The highest BCUT2D eigenvalue weighted by Crippen LogP contribution is 2.37. The largest absolute Gasteiger partial charge is 0.444 e. The topological polar surface area (TPSA) is 78.9 Å². The smallest absolute Gasteiger partial charge is 0.411 e. The van der Waals surface area contributed by atoms with Gasteiger partial charge in [0.25, 0.3) is 0 Å². The Morgan fingerprint density at radius 3 is 2.32 bits per heavy atom. The molecule has 0 unspecified atom stereocenters. The zero-order valence-electron chi connectivity index (χ0n) is 12.5. The Kier molecular flexibility index (Phi) is 4.14. The first-order valence-electron chi connectivity index (χ1n) is 6.40. The minimum absolute atomic E-state index is 0.0972. The van der Waals surface area contributed by atoms with E-state index in [1.54, 1.807) is 34.6 Å². The lowest BCUT2D eigenvalue weighted by molar-refractivity contribution is -0.128. The van der Waals surface area contributed by atoms with Gasteiger partial charge in [-0.3, -0.25) is 9.69 Å². The maximum absolute atomic E-state index is 12.1. The van der Waals surface area contributed by atoms with E-state index in [9.17, 15) is 14.7 Å². The highest BCUT2D eigenvalue weighted by molar-refractivity contribution is 5.87. The van der Waals surface area contributed by atoms with Crippen LogP contribution in [0.4, 0.5) is 4.79 Å². The van der Waals surface area contributed by atoms with Gasteiger partial charge in [-0.25, -0.2) is 4.79 Å². The minimum atomic E-state index is -0.762. The van der Waals surface area contributed by atoms with Crippen LogP contribution in [0.25, 0.3) is 0 Å². The molecular weight excluding hydrogens is 248 g/mol. The molecule has 19 heavy (non-hydrogen) atoms. The molecule has 2 N–H and O–H groups in total. The molecule has 0 bridgehead atoms. The third kappa shape index (κ3) is 3.18. The molecule has 2 atom stereocenters. The standard InChI is InChI=1S/C13H24N2O4/c1-12(2,3)19-11(18)15-7-8(16)13(4,5)9(15)10(17)14-6/h8-9,16H,7H2,1-6H3,(H,14,17)/t8-,9-/m1/s1. The summed E-state index contributed by atoms with van der Waals surface area (Å²) < 4.78 is 5.28. The first-order valence-corrected chi connectivity index (χ1v) is 6.40. The summed E-state index contributed by atoms with van der Waals surface area (Å²) in [5.74, 6) is -0.299. The second-order valence-electron chi connectivity index (χ2n) is 6.49. The summed E-state index contributed by atoms with van der Waals surface area (Å²) >= 11 is 0. The number of amides is 2. The molecule has 1 fully saturated rings. The summed E-state index contributed by atoms with van der Waals surface area (Å²) in [7, 11) is 1.51. The molecule has 1 rings (SSSR count). The molecule has 110 valence electrons. The zero-order valence-corrected chi connectivity index (χ0v) is 12.5. The number of aliphatic hydroxyl groups is 1. The summed E-state index contributed by atoms with van der Waals surface area (Å²) in [6.45, 7) is 8.91. The molecule has 0 aromatic carbocycles. The van der Waals surface area contributed by atoms with E-state index in [4.69, 9.17) is 4.74 Å². The lowest BCUT2D eigenvalue weighted by Gasteiger charge is -2.32. The number of hydrogen-bond acceptors (Lipinski definition) is 4. The molecule has 6 heteroatoms. The molecule has 1 aliphatic heterocycles. The SMILES string of the molecule is CNC(=O)[C@H]1N(C(=O)OC(C)(C)C)C[C@@H](O)C1(C)C. The Balaban J connectivity index is 2.99. The van der Waals surface area contributed by atoms with Crippen LogP contribution in [0.5, 0.6) is 0 Å². The van der Waals surface area contributed by atoms with E-state index in [-0.39, 0.29) is 12.5 Å². The summed E-state index contributed by atoms with van der Waals surface area (Å²) in [4.78, 5) is 25.4. The van der Waals surface area contributed by atoms with Crippen LogP contribution in [0, 0.1) is 5.41 Å². The summed E-state index contributed by atoms with van der Waals surface area (Å²) in [6, 6.07) is -0.734. The molecule has 1 aliphatic rings. The minimum Gasteiger partial charge on any atom is -0.444 e. The van der Waals surface area contributed by atoms with Gasteiger partial charge in [0.2, 0.25) is 5.91 Å². The second kappa shape index (κ2) is 5.00. The molecule has 0 aromatic heterocycles. The highest BCUT2D eigenvalue weighted by atomic mass is 16.6. The van der Waals surface area contributed by atoms with Crippen molar-refractivity contribution in [3.63, 3.8) is 0 Å². The zero-order chi connectivity index (χ0) is 15.0. The molecule has 2 amide bonds. The van der Waals surface area contributed by atoms with Crippen molar-refractivity contribution in [2.45, 2.75) is 52.4 Å². The van der Waals surface area contributed by atoms with Crippen molar-refractivity contribution in [3.05, 3.63) is 0 Å². The Hall–Kier alpha value is -1.30. The Bertz CT molecular complexity index is 373. The van der Waals surface area contributed by atoms with Crippen molar-refractivity contribution >= 4 is 12.0 Å². The number of β-amino-alcohol motifs (C(OH)–C–C–N with tert-alkyl or cyclic N) is 1. The number of aliphatic hydroxyl groups excluding tert-OH is 1. The molecule has 0 aromatic rings. The van der Waals surface area contributed by atoms with Crippen LogP contribution < -0.4 is 5.32 Å². The van der Waals surface area contributed by atoms with Gasteiger partial charge in [0.15, 0.2) is 0 Å². The van der Waals surface area contributed by atoms with Gasteiger partial charge in [-0.05, 0) is 20.8 Å². The molecule has 6 nitrogen and oxygen atoms in total. The van der Waals surface area contributed by atoms with Gasteiger partial charge >= 0.3 is 6.09 Å². The molecule has 1 saturated heterocycles. The first kappa shape index (κ1) is 15.8. The van der Waals surface area contributed by atoms with Crippen LogP contribution >= 0.6 is 0 Å². The van der Waals surface area contributed by atoms with E-state index < -0.39 is 29.3 Å². The quantitative estimate of drug-likeness (QED) is 0.738. The number of hydrogen-bond donors (Lipinski definition) is 2. The molecule has 0 aliphatic carbocycles. The number of likely N-dealkylation sites (N-methyl/N-ethyl adjacent to an activating group) is 1. The Morgan fingerprint density at radius 2 is 1.89 bits per heavy atom. The van der Waals surface area contributed by atoms with Gasteiger partial charge < -0.3 is 15.2 Å². The number of carbonyl (C=O) groups excluding carboxylic acids is 2. The molecule has 0 saturated carbocycles. The van der Waals surface area contributed by atoms with Crippen LogP contribution in [-0.4, -0.2) is 53.3 Å². The van der Waals surface area contributed by atoms with Crippen molar-refractivity contribution < 1.29 is 19.4 Å². The maximum atomic E-state index is 12.1. The monoisotopic (exact) mass is 272 g/mol. The molecule has 1 heterocycles. The van der Waals surface area contributed by atoms with E-state index in [2.05, 4.69) is 5.32 Å². The van der Waals surface area contributed by atoms with E-state index in [1.807, 2.05) is 0 Å². The van der Waals surface area contributed by atoms with E-state index >= 15 is 0 Å². The fourth-order valence-electron chi connectivity index (χ4n) is 2.23. The Morgan fingerprint density at radius 1 is 1.37 bits per heavy atom. The van der Waals surface area contributed by atoms with Gasteiger partial charge in [0.05, 0.1) is 12.6 Å². The third-order valence-corrected chi connectivity index (χ3v) is 3.37. The number of rotatable bonds is 1. The molecule has 0 radical (unpaired) electrons. The van der Waals surface area contributed by atoms with Gasteiger partial charge in [0.1, 0.15) is 11.6 Å². The third-order valence-electron chi connectivity index (χ3n) is 3.37. The summed E-state index contributed by atoms with van der Waals surface area (Å²) in [5, 5.41) is 12.6. The van der Waals surface area contributed by atoms with Crippen molar-refractivity contribution in [1.82, 2.24) is 10.2 Å². The predicted octanol–water partition coefficient (Wildman–Crippen LogP) is 0.739. The second-order valence-corrected chi connectivity index (χ2v) is 6.49. The number of nitrogens with zero attached hydrogens (tertiary/aromatic N) is 1. The average Bonchev–Trinajstić information content (AvgIpc) is 2.47. The number of nitrogens with one attached hydrogen (secondary N) is 1. The highest BCUT2D eigenvalue weighted by Gasteiger charge is 2.53. The van der Waals surface area contributed by atoms with Crippen molar-refractivity contribution in [2.24, 2.45) is 5.41 Å². The van der Waals surface area contributed by atoms with Gasteiger partial charge in [0, 0.05) is 12.5 Å². The van der Waals surface area contributed by atoms with Crippen LogP contribution in [0.15, 0.2) is 0 Å². The van der Waals surface area contributed by atoms with E-state index in [0.29, 0.717) is 0 Å².